The summed E-state index contributed by atoms with van der Waals surface area (Å²) in [7, 11) is 1.49. The number of methoxy groups -OCH3 is 1. The highest BCUT2D eigenvalue weighted by atomic mass is 19.1. The molecular weight excluding hydrogens is 355 g/mol. The van der Waals surface area contributed by atoms with E-state index in [1.165, 1.54) is 18.1 Å². The van der Waals surface area contributed by atoms with Gasteiger partial charge in [0.2, 0.25) is 0 Å². The van der Waals surface area contributed by atoms with Crippen molar-refractivity contribution in [1.82, 2.24) is 10.2 Å². The summed E-state index contributed by atoms with van der Waals surface area (Å²) in [5.74, 6) is -0.853. The van der Waals surface area contributed by atoms with Gasteiger partial charge in [0.25, 0.3) is 5.91 Å². The SMILES string of the molecule is COc1ccc(O)c([C@@H](C)NC(=O)[C@H](F)C2CN(C(=O)OC(C)(C)C)C2)c1. The van der Waals surface area contributed by atoms with Crippen molar-refractivity contribution in [2.45, 2.75) is 45.5 Å². The zero-order valence-corrected chi connectivity index (χ0v) is 16.3. The lowest BCUT2D eigenvalue weighted by Gasteiger charge is -2.40. The van der Waals surface area contributed by atoms with Crippen LogP contribution >= 0.6 is 0 Å². The van der Waals surface area contributed by atoms with Gasteiger partial charge in [-0.3, -0.25) is 4.79 Å². The van der Waals surface area contributed by atoms with E-state index in [9.17, 15) is 19.1 Å². The van der Waals surface area contributed by atoms with Gasteiger partial charge in [0.1, 0.15) is 17.1 Å². The van der Waals surface area contributed by atoms with Gasteiger partial charge >= 0.3 is 6.09 Å². The maximum atomic E-state index is 14.5. The van der Waals surface area contributed by atoms with Gasteiger partial charge in [-0.2, -0.15) is 0 Å². The Balaban J connectivity index is 1.89. The summed E-state index contributed by atoms with van der Waals surface area (Å²) in [4.78, 5) is 25.4. The number of rotatable bonds is 5. The molecule has 2 rings (SSSR count). The lowest BCUT2D eigenvalue weighted by Crippen LogP contribution is -2.57. The predicted molar refractivity (Wildman–Crippen MR) is 97.4 cm³/mol. The van der Waals surface area contributed by atoms with Crippen LogP contribution in [0.15, 0.2) is 18.2 Å². The predicted octanol–water partition coefficient (Wildman–Crippen LogP) is 2.78. The molecule has 150 valence electrons. The first kappa shape index (κ1) is 20.8. The molecule has 0 spiro atoms. The number of likely N-dealkylation sites (tertiary alicyclic amines) is 1. The molecule has 1 aliphatic heterocycles. The Morgan fingerprint density at radius 1 is 1.33 bits per heavy atom. The van der Waals surface area contributed by atoms with E-state index in [-0.39, 0.29) is 18.8 Å². The van der Waals surface area contributed by atoms with Gasteiger partial charge in [-0.25, -0.2) is 9.18 Å². The van der Waals surface area contributed by atoms with Gasteiger partial charge in [-0.1, -0.05) is 0 Å². The normalized spacial score (nSPS) is 16.9. The fraction of sp³-hybridized carbons (Fsp3) is 0.579. The zero-order chi connectivity index (χ0) is 20.4. The highest BCUT2D eigenvalue weighted by Crippen LogP contribution is 2.29. The molecule has 0 aromatic heterocycles. The Morgan fingerprint density at radius 2 is 1.96 bits per heavy atom. The van der Waals surface area contributed by atoms with Crippen molar-refractivity contribution in [1.29, 1.82) is 0 Å². The number of phenols is 1. The third-order valence-electron chi connectivity index (χ3n) is 4.29. The van der Waals surface area contributed by atoms with Crippen molar-refractivity contribution < 1.29 is 28.6 Å². The number of halogens is 1. The van der Waals surface area contributed by atoms with Gasteiger partial charge in [0, 0.05) is 24.6 Å². The van der Waals surface area contributed by atoms with Crippen molar-refractivity contribution >= 4 is 12.0 Å². The first-order valence-electron chi connectivity index (χ1n) is 8.81. The summed E-state index contributed by atoms with van der Waals surface area (Å²) in [6.07, 6.45) is -2.26. The molecule has 27 heavy (non-hydrogen) atoms. The fourth-order valence-electron chi connectivity index (χ4n) is 2.76. The number of benzene rings is 1. The molecule has 0 radical (unpaired) electrons. The molecule has 1 aromatic rings. The van der Waals surface area contributed by atoms with Crippen LogP contribution in [0.4, 0.5) is 9.18 Å². The average molecular weight is 382 g/mol. The standard InChI is InChI=1S/C19H27FN2O5/c1-11(14-8-13(26-5)6-7-15(14)23)21-17(24)16(20)12-9-22(10-12)18(25)27-19(2,3)4/h6-8,11-12,16,23H,9-10H2,1-5H3,(H,21,24)/t11-,16-/m1/s1. The summed E-state index contributed by atoms with van der Waals surface area (Å²) in [5.41, 5.74) is -0.193. The minimum absolute atomic E-state index is 0.0150. The Morgan fingerprint density at radius 3 is 2.52 bits per heavy atom. The van der Waals surface area contributed by atoms with E-state index in [0.29, 0.717) is 11.3 Å². The second-order valence-electron chi connectivity index (χ2n) is 7.70. The van der Waals surface area contributed by atoms with E-state index < -0.39 is 35.7 Å². The number of aromatic hydroxyl groups is 1. The molecule has 8 heteroatoms. The van der Waals surface area contributed by atoms with E-state index in [4.69, 9.17) is 9.47 Å². The highest BCUT2D eigenvalue weighted by Gasteiger charge is 2.41. The Kier molecular flexibility index (Phi) is 6.18. The summed E-state index contributed by atoms with van der Waals surface area (Å²) in [6.45, 7) is 7.16. The highest BCUT2D eigenvalue weighted by molar-refractivity contribution is 5.82. The van der Waals surface area contributed by atoms with Crippen molar-refractivity contribution in [3.05, 3.63) is 23.8 Å². The summed E-state index contributed by atoms with van der Waals surface area (Å²) >= 11 is 0. The van der Waals surface area contributed by atoms with E-state index in [2.05, 4.69) is 5.32 Å². The van der Waals surface area contributed by atoms with Gasteiger partial charge in [0.15, 0.2) is 6.17 Å². The summed E-state index contributed by atoms with van der Waals surface area (Å²) in [5, 5.41) is 12.5. The summed E-state index contributed by atoms with van der Waals surface area (Å²) in [6, 6.07) is 4.02. The Labute approximate surface area is 158 Å². The number of nitrogens with one attached hydrogen (secondary N) is 1. The first-order valence-corrected chi connectivity index (χ1v) is 8.81. The molecule has 1 fully saturated rings. The van der Waals surface area contributed by atoms with E-state index in [1.54, 1.807) is 39.8 Å². The molecule has 0 saturated carbocycles. The van der Waals surface area contributed by atoms with E-state index in [0.717, 1.165) is 0 Å². The molecule has 1 saturated heterocycles. The number of phenolic OH excluding ortho intramolecular Hbond substituents is 1. The van der Waals surface area contributed by atoms with Gasteiger partial charge in [0.05, 0.1) is 13.2 Å². The van der Waals surface area contributed by atoms with Crippen molar-refractivity contribution in [3.63, 3.8) is 0 Å². The van der Waals surface area contributed by atoms with Crippen LogP contribution in [0.2, 0.25) is 0 Å². The molecule has 7 nitrogen and oxygen atoms in total. The molecule has 1 heterocycles. The number of alkyl halides is 1. The summed E-state index contributed by atoms with van der Waals surface area (Å²) < 4.78 is 24.8. The second-order valence-corrected chi connectivity index (χ2v) is 7.70. The van der Waals surface area contributed by atoms with E-state index in [1.807, 2.05) is 0 Å². The molecule has 2 atom stereocenters. The largest absolute Gasteiger partial charge is 0.508 e. The van der Waals surface area contributed by atoms with Crippen LogP contribution in [0.25, 0.3) is 0 Å². The number of carbonyl (C=O) groups is 2. The van der Waals surface area contributed by atoms with Crippen LogP contribution in [0, 0.1) is 5.92 Å². The molecule has 0 aliphatic carbocycles. The monoisotopic (exact) mass is 382 g/mol. The molecule has 1 aromatic carbocycles. The molecule has 2 amide bonds. The van der Waals surface area contributed by atoms with Crippen LogP contribution in [0.5, 0.6) is 11.5 Å². The van der Waals surface area contributed by atoms with Gasteiger partial charge in [-0.05, 0) is 45.9 Å². The first-order chi connectivity index (χ1) is 12.5. The maximum Gasteiger partial charge on any atom is 0.410 e. The zero-order valence-electron chi connectivity index (χ0n) is 16.3. The number of amides is 2. The second kappa shape index (κ2) is 8.02. The number of nitrogens with zero attached hydrogens (tertiary/aromatic N) is 1. The van der Waals surface area contributed by atoms with Crippen molar-refractivity contribution in [3.8, 4) is 11.5 Å². The van der Waals surface area contributed by atoms with Gasteiger partial charge in [-0.15, -0.1) is 0 Å². The smallest absolute Gasteiger partial charge is 0.410 e. The Hall–Kier alpha value is -2.51. The topological polar surface area (TPSA) is 88.1 Å². The van der Waals surface area contributed by atoms with Crippen LogP contribution in [0.1, 0.15) is 39.3 Å². The van der Waals surface area contributed by atoms with E-state index >= 15 is 0 Å². The third-order valence-corrected chi connectivity index (χ3v) is 4.29. The minimum atomic E-state index is -1.75. The number of ether oxygens (including phenoxy) is 2. The van der Waals surface area contributed by atoms with Crippen LogP contribution in [-0.4, -0.2) is 54.0 Å². The van der Waals surface area contributed by atoms with Crippen molar-refractivity contribution in [2.75, 3.05) is 20.2 Å². The number of hydrogen-bond donors (Lipinski definition) is 2. The number of hydrogen-bond acceptors (Lipinski definition) is 5. The molecule has 0 unspecified atom stereocenters. The quantitative estimate of drug-likeness (QED) is 0.818. The maximum absolute atomic E-state index is 14.5. The number of carbonyl (C=O) groups excluding carboxylic acids is 2. The lowest BCUT2D eigenvalue weighted by atomic mass is 9.94. The Bertz CT molecular complexity index is 698. The van der Waals surface area contributed by atoms with Crippen LogP contribution in [-0.2, 0) is 9.53 Å². The molecule has 0 bridgehead atoms. The molecule has 1 aliphatic rings. The van der Waals surface area contributed by atoms with Crippen molar-refractivity contribution in [2.24, 2.45) is 5.92 Å². The third kappa shape index (κ3) is 5.24. The lowest BCUT2D eigenvalue weighted by molar-refractivity contribution is -0.131. The minimum Gasteiger partial charge on any atom is -0.508 e. The average Bonchev–Trinajstić information content (AvgIpc) is 2.51. The molecular formula is C19H27FN2O5. The van der Waals surface area contributed by atoms with Crippen LogP contribution < -0.4 is 10.1 Å². The molecule has 2 N–H and O–H groups in total. The van der Waals surface area contributed by atoms with Gasteiger partial charge < -0.3 is 24.8 Å². The fourth-order valence-corrected chi connectivity index (χ4v) is 2.76. The van der Waals surface area contributed by atoms with Crippen LogP contribution in [0.3, 0.4) is 0 Å².